The monoisotopic (exact) mass is 452 g/mol. The molecule has 9 heteroatoms. The minimum Gasteiger partial charge on any atom is -0.494 e. The number of benzene rings is 1. The Morgan fingerprint density at radius 1 is 1.24 bits per heavy atom. The third kappa shape index (κ3) is 4.98. The van der Waals surface area contributed by atoms with Crippen molar-refractivity contribution in [2.75, 3.05) is 32.6 Å². The average Bonchev–Trinajstić information content (AvgIpc) is 3.24. The number of hydrogen-bond acceptors (Lipinski definition) is 6. The Morgan fingerprint density at radius 2 is 2.06 bits per heavy atom. The van der Waals surface area contributed by atoms with Crippen LogP contribution in [-0.4, -0.2) is 47.9 Å². The highest BCUT2D eigenvalue weighted by molar-refractivity contribution is 5.94. The number of ether oxygens (including phenoxy) is 1. The molecule has 2 aromatic heterocycles. The normalized spacial score (nSPS) is 13.5. The van der Waals surface area contributed by atoms with E-state index in [1.54, 1.807) is 19.3 Å². The fourth-order valence-electron chi connectivity index (χ4n) is 3.82. The lowest BCUT2D eigenvalue weighted by molar-refractivity contribution is 0.0962. The van der Waals surface area contributed by atoms with Crippen molar-refractivity contribution in [2.45, 2.75) is 32.2 Å². The van der Waals surface area contributed by atoms with Crippen molar-refractivity contribution < 1.29 is 13.9 Å². The van der Waals surface area contributed by atoms with E-state index < -0.39 is 5.82 Å². The summed E-state index contributed by atoms with van der Waals surface area (Å²) in [5.74, 6) is 0.140. The third-order valence-electron chi connectivity index (χ3n) is 5.91. The quantitative estimate of drug-likeness (QED) is 0.462. The second kappa shape index (κ2) is 9.99. The topological polar surface area (TPSA) is 93.1 Å². The molecule has 3 heterocycles. The van der Waals surface area contributed by atoms with Gasteiger partial charge in [-0.05, 0) is 48.1 Å². The maximum absolute atomic E-state index is 14.8. The molecule has 0 saturated carbocycles. The molecule has 174 valence electrons. The summed E-state index contributed by atoms with van der Waals surface area (Å²) in [6.45, 7) is 3.95. The number of nitrogens with one attached hydrogen (secondary N) is 3. The van der Waals surface area contributed by atoms with Crippen molar-refractivity contribution in [1.82, 2.24) is 25.4 Å². The van der Waals surface area contributed by atoms with Crippen LogP contribution in [0.15, 0.2) is 36.8 Å². The standard InChI is InChI=1S/C24H29FN6O2/c1-4-16-7-15(5-6-17-8-18(24(32)26-2)9-21(33-3)22(17)25)10-28-23(16)30-19-11-29-31(14-19)20-12-27-13-20/h7-11,14,20,27H,4-6,12-13H2,1-3H3,(H,26,32)(H,28,30). The molecule has 3 N–H and O–H groups in total. The molecular weight excluding hydrogens is 423 g/mol. The molecule has 1 aromatic carbocycles. The second-order valence-electron chi connectivity index (χ2n) is 8.08. The molecule has 0 bridgehead atoms. The smallest absolute Gasteiger partial charge is 0.251 e. The van der Waals surface area contributed by atoms with Gasteiger partial charge in [0, 0.05) is 38.1 Å². The van der Waals surface area contributed by atoms with E-state index in [9.17, 15) is 9.18 Å². The van der Waals surface area contributed by atoms with Gasteiger partial charge in [0.15, 0.2) is 11.6 Å². The van der Waals surface area contributed by atoms with Crippen molar-refractivity contribution in [2.24, 2.45) is 0 Å². The Morgan fingerprint density at radius 3 is 2.73 bits per heavy atom. The van der Waals surface area contributed by atoms with Gasteiger partial charge in [-0.3, -0.25) is 9.48 Å². The van der Waals surface area contributed by atoms with Gasteiger partial charge < -0.3 is 20.7 Å². The molecule has 1 aliphatic rings. The largest absolute Gasteiger partial charge is 0.494 e. The van der Waals surface area contributed by atoms with E-state index in [0.29, 0.717) is 30.0 Å². The van der Waals surface area contributed by atoms with Crippen LogP contribution in [0.1, 0.15) is 40.0 Å². The summed E-state index contributed by atoms with van der Waals surface area (Å²) < 4.78 is 21.9. The number of carbonyl (C=O) groups is 1. The third-order valence-corrected chi connectivity index (χ3v) is 5.91. The average molecular weight is 453 g/mol. The minimum absolute atomic E-state index is 0.0660. The van der Waals surface area contributed by atoms with Gasteiger partial charge in [0.2, 0.25) is 0 Å². The van der Waals surface area contributed by atoms with Crippen LogP contribution in [0.5, 0.6) is 5.75 Å². The van der Waals surface area contributed by atoms with Gasteiger partial charge in [-0.2, -0.15) is 5.10 Å². The summed E-state index contributed by atoms with van der Waals surface area (Å²) in [6.07, 6.45) is 7.42. The fourth-order valence-corrected chi connectivity index (χ4v) is 3.82. The summed E-state index contributed by atoms with van der Waals surface area (Å²) in [5.41, 5.74) is 3.78. The molecular formula is C24H29FN6O2. The maximum atomic E-state index is 14.8. The predicted molar refractivity (Wildman–Crippen MR) is 125 cm³/mol. The highest BCUT2D eigenvalue weighted by atomic mass is 19.1. The molecule has 0 spiro atoms. The molecule has 0 aliphatic carbocycles. The Bertz CT molecular complexity index is 1140. The van der Waals surface area contributed by atoms with Gasteiger partial charge in [-0.1, -0.05) is 13.0 Å². The van der Waals surface area contributed by atoms with Gasteiger partial charge in [-0.15, -0.1) is 0 Å². The molecule has 3 aromatic rings. The molecule has 1 fully saturated rings. The van der Waals surface area contributed by atoms with Crippen molar-refractivity contribution in [3.8, 4) is 5.75 Å². The lowest BCUT2D eigenvalue weighted by Crippen LogP contribution is -2.43. The SMILES string of the molecule is CCc1cc(CCc2cc(C(=O)NC)cc(OC)c2F)cnc1Nc1cnn(C2CNC2)c1. The van der Waals surface area contributed by atoms with Crippen molar-refractivity contribution in [1.29, 1.82) is 0 Å². The Balaban J connectivity index is 1.48. The number of pyridine rings is 1. The first-order valence-corrected chi connectivity index (χ1v) is 11.1. The summed E-state index contributed by atoms with van der Waals surface area (Å²) in [7, 11) is 2.94. The first-order valence-electron chi connectivity index (χ1n) is 11.1. The molecule has 1 aliphatic heterocycles. The highest BCUT2D eigenvalue weighted by Crippen LogP contribution is 2.26. The highest BCUT2D eigenvalue weighted by Gasteiger charge is 2.20. The van der Waals surface area contributed by atoms with E-state index in [1.807, 2.05) is 17.1 Å². The summed E-state index contributed by atoms with van der Waals surface area (Å²) >= 11 is 0. The Hall–Kier alpha value is -3.46. The van der Waals surface area contributed by atoms with Crippen LogP contribution < -0.4 is 20.7 Å². The first-order chi connectivity index (χ1) is 16.0. The van der Waals surface area contributed by atoms with Gasteiger partial charge in [0.25, 0.3) is 5.91 Å². The van der Waals surface area contributed by atoms with E-state index >= 15 is 0 Å². The van der Waals surface area contributed by atoms with Crippen LogP contribution in [0.2, 0.25) is 0 Å². The van der Waals surface area contributed by atoms with E-state index in [-0.39, 0.29) is 11.7 Å². The fraction of sp³-hybridized carbons (Fsp3) is 0.375. The molecule has 0 radical (unpaired) electrons. The number of anilines is 2. The number of rotatable bonds is 9. The van der Waals surface area contributed by atoms with Crippen LogP contribution in [-0.2, 0) is 19.3 Å². The summed E-state index contributed by atoms with van der Waals surface area (Å²) in [6, 6.07) is 5.49. The van der Waals surface area contributed by atoms with Crippen molar-refractivity contribution >= 4 is 17.4 Å². The number of hydrogen-bond donors (Lipinski definition) is 3. The molecule has 0 unspecified atom stereocenters. The Labute approximate surface area is 192 Å². The summed E-state index contributed by atoms with van der Waals surface area (Å²) in [4.78, 5) is 16.7. The number of carbonyl (C=O) groups excluding carboxylic acids is 1. The van der Waals surface area contributed by atoms with Gasteiger partial charge >= 0.3 is 0 Å². The van der Waals surface area contributed by atoms with Crippen LogP contribution in [0.4, 0.5) is 15.9 Å². The van der Waals surface area contributed by atoms with E-state index in [1.165, 1.54) is 13.2 Å². The van der Waals surface area contributed by atoms with E-state index in [4.69, 9.17) is 4.74 Å². The molecule has 0 atom stereocenters. The number of halogens is 1. The Kier molecular flexibility index (Phi) is 6.88. The van der Waals surface area contributed by atoms with Crippen LogP contribution in [0, 0.1) is 5.82 Å². The lowest BCUT2D eigenvalue weighted by Gasteiger charge is -2.27. The molecule has 33 heavy (non-hydrogen) atoms. The number of aromatic nitrogens is 3. The zero-order valence-corrected chi connectivity index (χ0v) is 19.1. The van der Waals surface area contributed by atoms with E-state index in [0.717, 1.165) is 42.1 Å². The summed E-state index contributed by atoms with van der Waals surface area (Å²) in [5, 5.41) is 13.6. The lowest BCUT2D eigenvalue weighted by atomic mass is 10.0. The van der Waals surface area contributed by atoms with Gasteiger partial charge in [0.05, 0.1) is 25.0 Å². The van der Waals surface area contributed by atoms with Crippen molar-refractivity contribution in [3.63, 3.8) is 0 Å². The number of nitrogens with zero attached hydrogens (tertiary/aromatic N) is 3. The zero-order chi connectivity index (χ0) is 23.4. The number of amides is 1. The number of aryl methyl sites for hydroxylation is 3. The zero-order valence-electron chi connectivity index (χ0n) is 19.1. The molecule has 1 amide bonds. The van der Waals surface area contributed by atoms with Crippen molar-refractivity contribution in [3.05, 3.63) is 64.9 Å². The molecule has 1 saturated heterocycles. The minimum atomic E-state index is -0.439. The predicted octanol–water partition coefficient (Wildman–Crippen LogP) is 3.02. The van der Waals surface area contributed by atoms with Gasteiger partial charge in [0.1, 0.15) is 5.82 Å². The second-order valence-corrected chi connectivity index (χ2v) is 8.08. The van der Waals surface area contributed by atoms with Crippen LogP contribution >= 0.6 is 0 Å². The number of methoxy groups -OCH3 is 1. The van der Waals surface area contributed by atoms with Gasteiger partial charge in [-0.25, -0.2) is 9.37 Å². The van der Waals surface area contributed by atoms with Crippen LogP contribution in [0.3, 0.4) is 0 Å². The first kappa shape index (κ1) is 22.7. The molecule has 8 nitrogen and oxygen atoms in total. The maximum Gasteiger partial charge on any atom is 0.251 e. The molecule has 4 rings (SSSR count). The van der Waals surface area contributed by atoms with E-state index in [2.05, 4.69) is 39.0 Å². The van der Waals surface area contributed by atoms with Crippen LogP contribution in [0.25, 0.3) is 0 Å².